The van der Waals surface area contributed by atoms with Crippen molar-refractivity contribution in [3.63, 3.8) is 0 Å². The molecule has 0 bridgehead atoms. The molecule has 0 unspecified atom stereocenters. The molecule has 2 aromatic heterocycles. The van der Waals surface area contributed by atoms with E-state index in [1.54, 1.807) is 58.9 Å². The lowest BCUT2D eigenvalue weighted by Crippen LogP contribution is -2.41. The summed E-state index contributed by atoms with van der Waals surface area (Å²) in [5.74, 6) is 0.831. The minimum atomic E-state index is -0.680. The molecule has 0 spiro atoms. The molecule has 9 nitrogen and oxygen atoms in total. The summed E-state index contributed by atoms with van der Waals surface area (Å²) in [5, 5.41) is 7.43. The lowest BCUT2D eigenvalue weighted by molar-refractivity contribution is -0.127. The van der Waals surface area contributed by atoms with E-state index in [2.05, 4.69) is 25.9 Å². The third-order valence-corrected chi connectivity index (χ3v) is 3.63. The van der Waals surface area contributed by atoms with E-state index >= 15 is 0 Å². The lowest BCUT2D eigenvalue weighted by atomic mass is 9.96. The maximum Gasteiger partial charge on any atom is 0.327 e. The number of hydrogen-bond acceptors (Lipinski definition) is 6. The van der Waals surface area contributed by atoms with Gasteiger partial charge in [-0.15, -0.1) is 0 Å². The molecule has 0 aliphatic rings. The number of pyridine rings is 2. The molecule has 0 saturated heterocycles. The van der Waals surface area contributed by atoms with Gasteiger partial charge in [-0.05, 0) is 18.2 Å². The fourth-order valence-corrected chi connectivity index (χ4v) is 1.90. The number of carbonyl (C=O) groups is 3. The molecule has 9 heteroatoms. The van der Waals surface area contributed by atoms with Gasteiger partial charge in [-0.1, -0.05) is 34.6 Å². The van der Waals surface area contributed by atoms with Crippen LogP contribution in [0.3, 0.4) is 0 Å². The van der Waals surface area contributed by atoms with Crippen molar-refractivity contribution in [3.05, 3.63) is 36.7 Å². The first-order valence-corrected chi connectivity index (χ1v) is 9.08. The van der Waals surface area contributed by atoms with Crippen LogP contribution in [0, 0.1) is 11.3 Å². The van der Waals surface area contributed by atoms with Crippen molar-refractivity contribution in [1.29, 1.82) is 0 Å². The predicted molar refractivity (Wildman–Crippen MR) is 109 cm³/mol. The van der Waals surface area contributed by atoms with Crippen molar-refractivity contribution in [2.75, 3.05) is 10.6 Å². The molecule has 4 amide bonds. The zero-order valence-corrected chi connectivity index (χ0v) is 17.1. The molecule has 0 aromatic carbocycles. The molecule has 29 heavy (non-hydrogen) atoms. The van der Waals surface area contributed by atoms with E-state index in [0.717, 1.165) is 0 Å². The molecular weight excluding hydrogens is 374 g/mol. The maximum atomic E-state index is 11.9. The highest BCUT2D eigenvalue weighted by molar-refractivity contribution is 6.02. The first-order valence-electron chi connectivity index (χ1n) is 9.08. The topological polar surface area (TPSA) is 122 Å². The van der Waals surface area contributed by atoms with E-state index in [9.17, 15) is 14.4 Å². The van der Waals surface area contributed by atoms with Gasteiger partial charge in [0.1, 0.15) is 23.1 Å². The normalized spacial score (nSPS) is 11.0. The van der Waals surface area contributed by atoms with E-state index in [4.69, 9.17) is 4.74 Å². The van der Waals surface area contributed by atoms with Gasteiger partial charge in [0.2, 0.25) is 11.8 Å². The third-order valence-electron chi connectivity index (χ3n) is 3.63. The smallest absolute Gasteiger partial charge is 0.327 e. The Hall–Kier alpha value is -3.49. The van der Waals surface area contributed by atoms with Gasteiger partial charge in [0.25, 0.3) is 0 Å². The number of anilines is 2. The maximum absolute atomic E-state index is 11.9. The van der Waals surface area contributed by atoms with Gasteiger partial charge in [0.05, 0.1) is 6.20 Å². The number of rotatable bonds is 5. The number of nitrogens with one attached hydrogen (secondary N) is 3. The SMILES string of the molecule is CC(C)C(=O)Nc1cc(Oc2ccc(NC(=O)NC(=O)C(C)(C)C)nc2)ccn1. The number of hydrogen-bond donors (Lipinski definition) is 3. The van der Waals surface area contributed by atoms with Gasteiger partial charge in [-0.2, -0.15) is 0 Å². The van der Waals surface area contributed by atoms with Crippen LogP contribution in [0.1, 0.15) is 34.6 Å². The summed E-state index contributed by atoms with van der Waals surface area (Å²) < 4.78 is 5.69. The molecule has 2 heterocycles. The molecule has 0 aliphatic heterocycles. The summed E-state index contributed by atoms with van der Waals surface area (Å²) in [6, 6.07) is 5.73. The minimum absolute atomic E-state index is 0.144. The highest BCUT2D eigenvalue weighted by Gasteiger charge is 2.23. The van der Waals surface area contributed by atoms with Gasteiger partial charge in [-0.25, -0.2) is 14.8 Å². The highest BCUT2D eigenvalue weighted by Crippen LogP contribution is 2.23. The number of nitrogens with zero attached hydrogens (tertiary/aromatic N) is 2. The number of amides is 4. The number of aromatic nitrogens is 2. The third kappa shape index (κ3) is 6.87. The lowest BCUT2D eigenvalue weighted by Gasteiger charge is -2.16. The van der Waals surface area contributed by atoms with Gasteiger partial charge in [-0.3, -0.25) is 20.2 Å². The largest absolute Gasteiger partial charge is 0.456 e. The van der Waals surface area contributed by atoms with Gasteiger partial charge >= 0.3 is 6.03 Å². The van der Waals surface area contributed by atoms with E-state index < -0.39 is 17.4 Å². The Kier molecular flexibility index (Phi) is 6.87. The van der Waals surface area contributed by atoms with Gasteiger partial charge in [0, 0.05) is 23.6 Å². The standard InChI is InChI=1S/C20H25N5O4/c1-12(2)17(26)23-16-10-13(8-9-21-16)29-14-6-7-15(22-11-14)24-19(28)25-18(27)20(3,4)5/h6-12H,1-5H3,(H,21,23,26)(H2,22,24,25,27,28). The van der Waals surface area contributed by atoms with Crippen LogP contribution in [-0.4, -0.2) is 27.8 Å². The molecule has 0 saturated carbocycles. The number of imide groups is 1. The van der Waals surface area contributed by atoms with E-state index in [1.807, 2.05) is 0 Å². The number of urea groups is 1. The fourth-order valence-electron chi connectivity index (χ4n) is 1.90. The van der Waals surface area contributed by atoms with Crippen LogP contribution in [0.5, 0.6) is 11.5 Å². The average molecular weight is 399 g/mol. The first-order chi connectivity index (χ1) is 13.5. The highest BCUT2D eigenvalue weighted by atomic mass is 16.5. The van der Waals surface area contributed by atoms with Crippen molar-refractivity contribution >= 4 is 29.5 Å². The number of ether oxygens (including phenoxy) is 1. The molecule has 2 rings (SSSR count). The summed E-state index contributed by atoms with van der Waals surface area (Å²) in [4.78, 5) is 43.6. The Labute approximate surface area is 169 Å². The van der Waals surface area contributed by atoms with Crippen molar-refractivity contribution in [2.24, 2.45) is 11.3 Å². The summed E-state index contributed by atoms with van der Waals surface area (Å²) in [7, 11) is 0. The van der Waals surface area contributed by atoms with E-state index in [0.29, 0.717) is 17.3 Å². The van der Waals surface area contributed by atoms with Crippen LogP contribution in [0.25, 0.3) is 0 Å². The van der Waals surface area contributed by atoms with Crippen molar-refractivity contribution in [3.8, 4) is 11.5 Å². The molecular formula is C20H25N5O4. The second-order valence-corrected chi connectivity index (χ2v) is 7.66. The summed E-state index contributed by atoms with van der Waals surface area (Å²) in [6.07, 6.45) is 2.94. The minimum Gasteiger partial charge on any atom is -0.456 e. The Morgan fingerprint density at radius 1 is 0.966 bits per heavy atom. The molecule has 0 radical (unpaired) electrons. The van der Waals surface area contributed by atoms with Gasteiger partial charge < -0.3 is 10.1 Å². The first kappa shape index (κ1) is 21.8. The van der Waals surface area contributed by atoms with E-state index in [1.165, 1.54) is 12.4 Å². The number of carbonyl (C=O) groups excluding carboxylic acids is 3. The molecule has 154 valence electrons. The second-order valence-electron chi connectivity index (χ2n) is 7.66. The molecule has 2 aromatic rings. The monoisotopic (exact) mass is 399 g/mol. The fraction of sp³-hybridized carbons (Fsp3) is 0.350. The van der Waals surface area contributed by atoms with Crippen LogP contribution < -0.4 is 20.7 Å². The summed E-state index contributed by atoms with van der Waals surface area (Å²) in [5.41, 5.74) is -0.680. The van der Waals surface area contributed by atoms with Crippen molar-refractivity contribution in [2.45, 2.75) is 34.6 Å². The Morgan fingerprint density at radius 2 is 1.69 bits per heavy atom. The van der Waals surface area contributed by atoms with Crippen molar-refractivity contribution in [1.82, 2.24) is 15.3 Å². The zero-order chi connectivity index (χ0) is 21.6. The van der Waals surface area contributed by atoms with Gasteiger partial charge in [0.15, 0.2) is 0 Å². The molecule has 3 N–H and O–H groups in total. The Balaban J connectivity index is 1.96. The zero-order valence-electron chi connectivity index (χ0n) is 17.1. The van der Waals surface area contributed by atoms with Crippen LogP contribution in [-0.2, 0) is 9.59 Å². The van der Waals surface area contributed by atoms with Crippen molar-refractivity contribution < 1.29 is 19.1 Å². The summed E-state index contributed by atoms with van der Waals surface area (Å²) >= 11 is 0. The Morgan fingerprint density at radius 3 is 2.28 bits per heavy atom. The average Bonchev–Trinajstić information content (AvgIpc) is 2.62. The molecule has 0 fully saturated rings. The Bertz CT molecular complexity index is 888. The quantitative estimate of drug-likeness (QED) is 0.707. The van der Waals surface area contributed by atoms with Crippen LogP contribution in [0.2, 0.25) is 0 Å². The van der Waals surface area contributed by atoms with Crippen LogP contribution in [0.15, 0.2) is 36.7 Å². The van der Waals surface area contributed by atoms with Crippen LogP contribution in [0.4, 0.5) is 16.4 Å². The molecule has 0 atom stereocenters. The van der Waals surface area contributed by atoms with Crippen LogP contribution >= 0.6 is 0 Å². The summed E-state index contributed by atoms with van der Waals surface area (Å²) in [6.45, 7) is 8.70. The van der Waals surface area contributed by atoms with E-state index in [-0.39, 0.29) is 17.6 Å². The molecule has 0 aliphatic carbocycles. The second kappa shape index (κ2) is 9.13. The predicted octanol–water partition coefficient (Wildman–Crippen LogP) is 3.56.